The molecule has 0 unspecified atom stereocenters. The second kappa shape index (κ2) is 7.10. The molecule has 0 spiro atoms. The lowest BCUT2D eigenvalue weighted by Crippen LogP contribution is -2.43. The number of benzene rings is 1. The van der Waals surface area contributed by atoms with Crippen molar-refractivity contribution in [3.63, 3.8) is 0 Å². The molecule has 5 nitrogen and oxygen atoms in total. The molecule has 0 aliphatic rings. The molecule has 1 aromatic carbocycles. The minimum atomic E-state index is -0.450. The molecule has 0 saturated carbocycles. The number of nitrogens with one attached hydrogen (secondary N) is 2. The van der Waals surface area contributed by atoms with Crippen LogP contribution in [0.25, 0.3) is 0 Å². The van der Waals surface area contributed by atoms with Crippen LogP contribution in [-0.4, -0.2) is 18.4 Å². The van der Waals surface area contributed by atoms with Gasteiger partial charge in [-0.15, -0.1) is 11.3 Å². The van der Waals surface area contributed by atoms with Gasteiger partial charge in [0, 0.05) is 0 Å². The Hall–Kier alpha value is -2.05. The Morgan fingerprint density at radius 1 is 1.19 bits per heavy atom. The zero-order valence-electron chi connectivity index (χ0n) is 11.2. The van der Waals surface area contributed by atoms with Crippen LogP contribution < -0.4 is 15.6 Å². The molecule has 0 radical (unpaired) electrons. The third-order valence-corrected chi connectivity index (χ3v) is 3.79. The fourth-order valence-corrected chi connectivity index (χ4v) is 2.46. The predicted molar refractivity (Wildman–Crippen MR) is 81.6 cm³/mol. The van der Waals surface area contributed by atoms with E-state index in [-0.39, 0.29) is 6.61 Å². The maximum atomic E-state index is 11.7. The SMILES string of the molecule is Cc1ccccc1OCC(=O)NNC(=O)c1ccc(Cl)s1. The minimum absolute atomic E-state index is 0.184. The molecule has 0 atom stereocenters. The van der Waals surface area contributed by atoms with Crippen LogP contribution in [0.1, 0.15) is 15.2 Å². The topological polar surface area (TPSA) is 67.4 Å². The number of carbonyl (C=O) groups is 2. The summed E-state index contributed by atoms with van der Waals surface area (Å²) in [4.78, 5) is 23.7. The number of para-hydroxylation sites is 1. The standard InChI is InChI=1S/C14H13ClN2O3S/c1-9-4-2-3-5-10(9)20-8-13(18)16-17-14(19)11-6-7-12(15)21-11/h2-7H,8H2,1H3,(H,16,18)(H,17,19). The van der Waals surface area contributed by atoms with Crippen LogP contribution in [0, 0.1) is 6.92 Å². The summed E-state index contributed by atoms with van der Waals surface area (Å²) in [6, 6.07) is 10.6. The molecular weight excluding hydrogens is 312 g/mol. The van der Waals surface area contributed by atoms with E-state index in [0.29, 0.717) is 15.0 Å². The number of aryl methyl sites for hydroxylation is 1. The molecule has 0 saturated heterocycles. The molecule has 21 heavy (non-hydrogen) atoms. The minimum Gasteiger partial charge on any atom is -0.483 e. The van der Waals surface area contributed by atoms with Gasteiger partial charge in [-0.2, -0.15) is 0 Å². The summed E-state index contributed by atoms with van der Waals surface area (Å²) >= 11 is 6.86. The van der Waals surface area contributed by atoms with Crippen molar-refractivity contribution < 1.29 is 14.3 Å². The lowest BCUT2D eigenvalue weighted by molar-refractivity contribution is -0.123. The van der Waals surface area contributed by atoms with Crippen molar-refractivity contribution in [2.75, 3.05) is 6.61 Å². The molecule has 2 amide bonds. The van der Waals surface area contributed by atoms with E-state index in [2.05, 4.69) is 10.9 Å². The summed E-state index contributed by atoms with van der Waals surface area (Å²) in [5.74, 6) is -0.241. The smallest absolute Gasteiger partial charge is 0.279 e. The number of rotatable bonds is 4. The first-order valence-electron chi connectivity index (χ1n) is 6.09. The van der Waals surface area contributed by atoms with E-state index in [0.717, 1.165) is 16.9 Å². The third kappa shape index (κ3) is 4.47. The molecule has 110 valence electrons. The fourth-order valence-electron chi connectivity index (χ4n) is 1.52. The monoisotopic (exact) mass is 324 g/mol. The van der Waals surface area contributed by atoms with Gasteiger partial charge >= 0.3 is 0 Å². The molecule has 0 fully saturated rings. The first kappa shape index (κ1) is 15.3. The lowest BCUT2D eigenvalue weighted by Gasteiger charge is -2.09. The van der Waals surface area contributed by atoms with Crippen molar-refractivity contribution in [3.05, 3.63) is 51.2 Å². The largest absolute Gasteiger partial charge is 0.483 e. The van der Waals surface area contributed by atoms with Crippen molar-refractivity contribution in [1.82, 2.24) is 10.9 Å². The van der Waals surface area contributed by atoms with Crippen LogP contribution in [0.5, 0.6) is 5.75 Å². The summed E-state index contributed by atoms with van der Waals surface area (Å²) in [6.07, 6.45) is 0. The molecule has 0 bridgehead atoms. The number of hydrazine groups is 1. The Bertz CT molecular complexity index is 657. The van der Waals surface area contributed by atoms with E-state index < -0.39 is 11.8 Å². The maximum absolute atomic E-state index is 11.7. The third-order valence-electron chi connectivity index (χ3n) is 2.56. The van der Waals surface area contributed by atoms with Gasteiger partial charge in [-0.25, -0.2) is 0 Å². The van der Waals surface area contributed by atoms with Crippen molar-refractivity contribution in [3.8, 4) is 5.75 Å². The van der Waals surface area contributed by atoms with Gasteiger partial charge in [-0.05, 0) is 30.7 Å². The molecule has 2 N–H and O–H groups in total. The van der Waals surface area contributed by atoms with E-state index in [9.17, 15) is 9.59 Å². The summed E-state index contributed by atoms with van der Waals surface area (Å²) in [5, 5.41) is 0. The van der Waals surface area contributed by atoms with Gasteiger partial charge in [0.25, 0.3) is 11.8 Å². The van der Waals surface area contributed by atoms with Gasteiger partial charge in [0.2, 0.25) is 0 Å². The van der Waals surface area contributed by atoms with Crippen LogP contribution in [0.2, 0.25) is 4.34 Å². The van der Waals surface area contributed by atoms with Crippen molar-refractivity contribution in [2.45, 2.75) is 6.92 Å². The Kier molecular flexibility index (Phi) is 5.19. The van der Waals surface area contributed by atoms with Crippen molar-refractivity contribution in [1.29, 1.82) is 0 Å². The van der Waals surface area contributed by atoms with Gasteiger partial charge in [0.05, 0.1) is 9.21 Å². The van der Waals surface area contributed by atoms with Gasteiger partial charge in [-0.1, -0.05) is 29.8 Å². The first-order chi connectivity index (χ1) is 10.1. The zero-order valence-corrected chi connectivity index (χ0v) is 12.8. The number of halogens is 1. The summed E-state index contributed by atoms with van der Waals surface area (Å²) in [7, 11) is 0. The van der Waals surface area contributed by atoms with Crippen molar-refractivity contribution in [2.24, 2.45) is 0 Å². The van der Waals surface area contributed by atoms with Gasteiger partial charge < -0.3 is 4.74 Å². The Morgan fingerprint density at radius 3 is 2.62 bits per heavy atom. The summed E-state index contributed by atoms with van der Waals surface area (Å²) in [6.45, 7) is 1.70. The molecule has 1 aromatic heterocycles. The van der Waals surface area contributed by atoms with Crippen LogP contribution in [0.3, 0.4) is 0 Å². The first-order valence-corrected chi connectivity index (χ1v) is 7.28. The average molecular weight is 325 g/mol. The second-order valence-electron chi connectivity index (χ2n) is 4.16. The van der Waals surface area contributed by atoms with E-state index >= 15 is 0 Å². The highest BCUT2D eigenvalue weighted by Crippen LogP contribution is 2.20. The highest BCUT2D eigenvalue weighted by atomic mass is 35.5. The van der Waals surface area contributed by atoms with E-state index in [4.69, 9.17) is 16.3 Å². The Morgan fingerprint density at radius 2 is 1.95 bits per heavy atom. The Balaban J connectivity index is 1.78. The number of hydrogen-bond acceptors (Lipinski definition) is 4. The number of hydrogen-bond donors (Lipinski definition) is 2. The molecule has 7 heteroatoms. The number of amides is 2. The van der Waals surface area contributed by atoms with Crippen LogP contribution in [-0.2, 0) is 4.79 Å². The van der Waals surface area contributed by atoms with E-state index in [1.807, 2.05) is 25.1 Å². The number of thiophene rings is 1. The lowest BCUT2D eigenvalue weighted by atomic mass is 10.2. The molecule has 0 aliphatic heterocycles. The summed E-state index contributed by atoms with van der Waals surface area (Å²) < 4.78 is 5.87. The molecule has 2 aromatic rings. The van der Waals surface area contributed by atoms with Gasteiger partial charge in [0.1, 0.15) is 5.75 Å². The van der Waals surface area contributed by atoms with E-state index in [1.165, 1.54) is 0 Å². The molecule has 2 rings (SSSR count). The average Bonchev–Trinajstić information content (AvgIpc) is 2.90. The van der Waals surface area contributed by atoms with Crippen molar-refractivity contribution >= 4 is 34.8 Å². The number of ether oxygens (including phenoxy) is 1. The fraction of sp³-hybridized carbons (Fsp3) is 0.143. The van der Waals surface area contributed by atoms with Gasteiger partial charge in [-0.3, -0.25) is 20.4 Å². The van der Waals surface area contributed by atoms with Crippen LogP contribution in [0.4, 0.5) is 0 Å². The van der Waals surface area contributed by atoms with Gasteiger partial charge in [0.15, 0.2) is 6.61 Å². The molecular formula is C14H13ClN2O3S. The predicted octanol–water partition coefficient (Wildman–Crippen LogP) is 2.55. The zero-order chi connectivity index (χ0) is 15.2. The Labute approximate surface area is 130 Å². The number of carbonyl (C=O) groups excluding carboxylic acids is 2. The van der Waals surface area contributed by atoms with E-state index in [1.54, 1.807) is 18.2 Å². The normalized spacial score (nSPS) is 10.0. The maximum Gasteiger partial charge on any atom is 0.279 e. The second-order valence-corrected chi connectivity index (χ2v) is 5.88. The highest BCUT2D eigenvalue weighted by Gasteiger charge is 2.10. The molecule has 1 heterocycles. The van der Waals surface area contributed by atoms with Crippen LogP contribution >= 0.6 is 22.9 Å². The summed E-state index contributed by atoms with van der Waals surface area (Å²) in [5.41, 5.74) is 5.51. The molecule has 0 aliphatic carbocycles. The highest BCUT2D eigenvalue weighted by molar-refractivity contribution is 7.17. The quantitative estimate of drug-likeness (QED) is 0.849. The van der Waals surface area contributed by atoms with Crippen LogP contribution in [0.15, 0.2) is 36.4 Å².